The molecule has 0 saturated heterocycles. The zero-order chi connectivity index (χ0) is 9.23. The summed E-state index contributed by atoms with van der Waals surface area (Å²) in [6.07, 6.45) is 13.3. The molecule has 1 nitrogen and oxygen atoms in total. The Morgan fingerprint density at radius 2 is 1.75 bits per heavy atom. The van der Waals surface area contributed by atoms with E-state index in [0.717, 1.165) is 0 Å². The van der Waals surface area contributed by atoms with E-state index in [-0.39, 0.29) is 5.78 Å². The van der Waals surface area contributed by atoms with Gasteiger partial charge in [-0.25, -0.2) is 0 Å². The summed E-state index contributed by atoms with van der Waals surface area (Å²) < 4.78 is 0. The summed E-state index contributed by atoms with van der Waals surface area (Å²) >= 11 is 0. The van der Waals surface area contributed by atoms with Gasteiger partial charge in [-0.2, -0.15) is 0 Å². The fourth-order valence-electron chi connectivity index (χ4n) is 0.995. The lowest BCUT2D eigenvalue weighted by Crippen LogP contribution is -1.77. The van der Waals surface area contributed by atoms with Gasteiger partial charge in [-0.05, 0) is 45.6 Å². The first-order valence-electron chi connectivity index (χ1n) is 4.55. The molecule has 0 atom stereocenters. The van der Waals surface area contributed by atoms with Gasteiger partial charge in [0.1, 0.15) is 0 Å². The van der Waals surface area contributed by atoms with Crippen LogP contribution in [-0.4, -0.2) is 5.78 Å². The first-order valence-corrected chi connectivity index (χ1v) is 4.55. The molecular formula is C11H18O. The number of rotatable bonds is 1. The molecule has 0 aromatic rings. The Labute approximate surface area is 75.2 Å². The summed E-state index contributed by atoms with van der Waals surface area (Å²) in [5.41, 5.74) is 0. The third-order valence-corrected chi connectivity index (χ3v) is 1.56. The molecule has 0 spiro atoms. The molecule has 12 heavy (non-hydrogen) atoms. The second-order valence-corrected chi connectivity index (χ2v) is 2.87. The van der Waals surface area contributed by atoms with E-state index in [1.165, 1.54) is 38.7 Å². The fourth-order valence-corrected chi connectivity index (χ4v) is 0.995. The van der Waals surface area contributed by atoms with Gasteiger partial charge in [0, 0.05) is 0 Å². The molecule has 0 bridgehead atoms. The molecule has 0 fully saturated rings. The minimum atomic E-state index is 0.109. The maximum Gasteiger partial charge on any atom is 0.152 e. The molecule has 0 saturated carbocycles. The molecule has 0 N–H and O–H groups in total. The minimum Gasteiger partial charge on any atom is -0.295 e. The van der Waals surface area contributed by atoms with Crippen molar-refractivity contribution in [3.05, 3.63) is 24.3 Å². The maximum absolute atomic E-state index is 9.96. The Bertz CT molecular complexity index is 158. The van der Waals surface area contributed by atoms with Crippen molar-refractivity contribution >= 4 is 5.78 Å². The van der Waals surface area contributed by atoms with Gasteiger partial charge in [0.15, 0.2) is 5.78 Å². The molecule has 1 aliphatic carbocycles. The number of ketones is 1. The maximum atomic E-state index is 9.96. The van der Waals surface area contributed by atoms with E-state index < -0.39 is 0 Å². The SMILES string of the molecule is C1=CCCCC1.CC=CC(C)=O. The Balaban J connectivity index is 0.000000202. The van der Waals surface area contributed by atoms with E-state index in [1.54, 1.807) is 6.08 Å². The van der Waals surface area contributed by atoms with E-state index in [0.29, 0.717) is 0 Å². The van der Waals surface area contributed by atoms with Crippen LogP contribution in [-0.2, 0) is 4.79 Å². The van der Waals surface area contributed by atoms with Gasteiger partial charge < -0.3 is 0 Å². The lowest BCUT2D eigenvalue weighted by molar-refractivity contribution is -0.112. The number of hydrogen-bond donors (Lipinski definition) is 0. The first-order chi connectivity index (χ1) is 5.77. The lowest BCUT2D eigenvalue weighted by Gasteiger charge is -1.97. The highest BCUT2D eigenvalue weighted by molar-refractivity contribution is 5.87. The molecule has 0 aromatic carbocycles. The van der Waals surface area contributed by atoms with Crippen LogP contribution in [0.1, 0.15) is 39.5 Å². The summed E-state index contributed by atoms with van der Waals surface area (Å²) in [6.45, 7) is 3.35. The van der Waals surface area contributed by atoms with Crippen molar-refractivity contribution in [2.75, 3.05) is 0 Å². The third kappa shape index (κ3) is 9.15. The predicted octanol–water partition coefficient (Wildman–Crippen LogP) is 3.27. The zero-order valence-corrected chi connectivity index (χ0v) is 8.05. The number of carbonyl (C=O) groups is 1. The predicted molar refractivity (Wildman–Crippen MR) is 53.1 cm³/mol. The van der Waals surface area contributed by atoms with Crippen molar-refractivity contribution in [2.24, 2.45) is 0 Å². The molecule has 0 amide bonds. The smallest absolute Gasteiger partial charge is 0.152 e. The van der Waals surface area contributed by atoms with Crippen LogP contribution in [0.5, 0.6) is 0 Å². The van der Waals surface area contributed by atoms with Gasteiger partial charge in [0.05, 0.1) is 0 Å². The highest BCUT2D eigenvalue weighted by Gasteiger charge is 1.87. The van der Waals surface area contributed by atoms with Crippen LogP contribution in [0.4, 0.5) is 0 Å². The third-order valence-electron chi connectivity index (χ3n) is 1.56. The van der Waals surface area contributed by atoms with E-state index >= 15 is 0 Å². The van der Waals surface area contributed by atoms with Gasteiger partial charge in [0.25, 0.3) is 0 Å². The monoisotopic (exact) mass is 166 g/mol. The Morgan fingerprint density at radius 3 is 1.83 bits per heavy atom. The van der Waals surface area contributed by atoms with Gasteiger partial charge in [0.2, 0.25) is 0 Å². The molecule has 0 heterocycles. The molecular weight excluding hydrogens is 148 g/mol. The second-order valence-electron chi connectivity index (χ2n) is 2.87. The van der Waals surface area contributed by atoms with Crippen LogP contribution in [0.15, 0.2) is 24.3 Å². The topological polar surface area (TPSA) is 17.1 Å². The molecule has 68 valence electrons. The van der Waals surface area contributed by atoms with Crippen molar-refractivity contribution in [1.82, 2.24) is 0 Å². The summed E-state index contributed by atoms with van der Waals surface area (Å²) in [5.74, 6) is 0.109. The van der Waals surface area contributed by atoms with E-state index in [1.807, 2.05) is 6.92 Å². The highest BCUT2D eigenvalue weighted by atomic mass is 16.1. The van der Waals surface area contributed by atoms with Crippen LogP contribution in [0.2, 0.25) is 0 Å². The molecule has 0 radical (unpaired) electrons. The molecule has 1 rings (SSSR count). The summed E-state index contributed by atoms with van der Waals surface area (Å²) in [4.78, 5) is 9.96. The lowest BCUT2D eigenvalue weighted by atomic mass is 10.1. The number of carbonyl (C=O) groups excluding carboxylic acids is 1. The largest absolute Gasteiger partial charge is 0.295 e. The van der Waals surface area contributed by atoms with Crippen molar-refractivity contribution in [3.8, 4) is 0 Å². The molecule has 0 unspecified atom stereocenters. The van der Waals surface area contributed by atoms with Crippen molar-refractivity contribution < 1.29 is 4.79 Å². The Morgan fingerprint density at radius 1 is 1.25 bits per heavy atom. The van der Waals surface area contributed by atoms with E-state index in [9.17, 15) is 4.79 Å². The zero-order valence-electron chi connectivity index (χ0n) is 8.05. The summed E-state index contributed by atoms with van der Waals surface area (Å²) in [5, 5.41) is 0. The van der Waals surface area contributed by atoms with Crippen LogP contribution in [0.25, 0.3) is 0 Å². The van der Waals surface area contributed by atoms with Crippen LogP contribution in [0.3, 0.4) is 0 Å². The number of hydrogen-bond acceptors (Lipinski definition) is 1. The number of allylic oxidation sites excluding steroid dienone is 4. The molecule has 1 aliphatic rings. The average Bonchev–Trinajstić information content (AvgIpc) is 2.08. The highest BCUT2D eigenvalue weighted by Crippen LogP contribution is 2.07. The van der Waals surface area contributed by atoms with E-state index in [2.05, 4.69) is 12.2 Å². The van der Waals surface area contributed by atoms with Crippen molar-refractivity contribution in [1.29, 1.82) is 0 Å². The second kappa shape index (κ2) is 8.25. The fraction of sp³-hybridized carbons (Fsp3) is 0.545. The Kier molecular flexibility index (Phi) is 7.66. The molecule has 1 heteroatoms. The molecule has 0 aliphatic heterocycles. The summed E-state index contributed by atoms with van der Waals surface area (Å²) in [7, 11) is 0. The average molecular weight is 166 g/mol. The standard InChI is InChI=1S/C6H10.C5H8O/c1-2-4-6-5-3-1;1-3-4-5(2)6/h1-2H,3-6H2;3-4H,1-2H3. The van der Waals surface area contributed by atoms with Gasteiger partial charge >= 0.3 is 0 Å². The van der Waals surface area contributed by atoms with Crippen LogP contribution in [0, 0.1) is 0 Å². The van der Waals surface area contributed by atoms with Crippen molar-refractivity contribution in [2.45, 2.75) is 39.5 Å². The summed E-state index contributed by atoms with van der Waals surface area (Å²) in [6, 6.07) is 0. The van der Waals surface area contributed by atoms with Crippen molar-refractivity contribution in [3.63, 3.8) is 0 Å². The van der Waals surface area contributed by atoms with Crippen LogP contribution >= 0.6 is 0 Å². The van der Waals surface area contributed by atoms with Gasteiger partial charge in [-0.1, -0.05) is 18.2 Å². The van der Waals surface area contributed by atoms with Gasteiger partial charge in [-0.3, -0.25) is 4.79 Å². The first kappa shape index (κ1) is 11.2. The van der Waals surface area contributed by atoms with Gasteiger partial charge in [-0.15, -0.1) is 0 Å². The van der Waals surface area contributed by atoms with E-state index in [4.69, 9.17) is 0 Å². The molecule has 0 aromatic heterocycles. The quantitative estimate of drug-likeness (QED) is 0.431. The minimum absolute atomic E-state index is 0.109. The Hall–Kier alpha value is -0.850. The van der Waals surface area contributed by atoms with Crippen LogP contribution < -0.4 is 0 Å². The normalized spacial score (nSPS) is 15.5.